The first-order chi connectivity index (χ1) is 11.7. The summed E-state index contributed by atoms with van der Waals surface area (Å²) < 4.78 is 14.9. The Hall–Kier alpha value is -2.26. The van der Waals surface area contributed by atoms with Crippen LogP contribution in [-0.4, -0.2) is 56.0 Å². The van der Waals surface area contributed by atoms with Gasteiger partial charge in [-0.2, -0.15) is 5.10 Å². The molecule has 0 aliphatic carbocycles. The third-order valence-electron chi connectivity index (χ3n) is 4.46. The summed E-state index contributed by atoms with van der Waals surface area (Å²) in [7, 11) is 1.87. The molecular formula is C15H20N6O3. The molecule has 1 saturated heterocycles. The second kappa shape index (κ2) is 6.33. The number of rotatable bonds is 4. The molecule has 0 unspecified atom stereocenters. The van der Waals surface area contributed by atoms with Gasteiger partial charge in [-0.1, -0.05) is 5.21 Å². The molecule has 128 valence electrons. The summed E-state index contributed by atoms with van der Waals surface area (Å²) >= 11 is 0. The highest BCUT2D eigenvalue weighted by atomic mass is 16.5. The van der Waals surface area contributed by atoms with Gasteiger partial charge in [-0.15, -0.1) is 5.10 Å². The zero-order valence-electron chi connectivity index (χ0n) is 13.5. The fourth-order valence-corrected chi connectivity index (χ4v) is 3.11. The van der Waals surface area contributed by atoms with Crippen molar-refractivity contribution in [3.63, 3.8) is 0 Å². The van der Waals surface area contributed by atoms with Gasteiger partial charge in [-0.05, 0) is 18.9 Å². The van der Waals surface area contributed by atoms with Crippen LogP contribution in [-0.2, 0) is 34.5 Å². The van der Waals surface area contributed by atoms with E-state index in [0.29, 0.717) is 26.3 Å². The lowest BCUT2D eigenvalue weighted by Gasteiger charge is -2.24. The predicted molar refractivity (Wildman–Crippen MR) is 82.8 cm³/mol. The van der Waals surface area contributed by atoms with E-state index in [4.69, 9.17) is 9.47 Å². The fourth-order valence-electron chi connectivity index (χ4n) is 3.11. The van der Waals surface area contributed by atoms with Crippen molar-refractivity contribution in [1.29, 1.82) is 0 Å². The van der Waals surface area contributed by atoms with Crippen LogP contribution in [0, 0.1) is 0 Å². The number of carbonyl (C=O) groups excluding carboxylic acids is 1. The van der Waals surface area contributed by atoms with Crippen molar-refractivity contribution in [2.45, 2.75) is 38.2 Å². The highest BCUT2D eigenvalue weighted by Crippen LogP contribution is 2.24. The zero-order chi connectivity index (χ0) is 16.5. The molecule has 2 aliphatic heterocycles. The summed E-state index contributed by atoms with van der Waals surface area (Å²) in [5.41, 5.74) is 2.63. The van der Waals surface area contributed by atoms with E-state index in [9.17, 15) is 4.79 Å². The van der Waals surface area contributed by atoms with E-state index in [0.717, 1.165) is 29.9 Å². The van der Waals surface area contributed by atoms with E-state index < -0.39 is 0 Å². The number of aryl methyl sites for hydroxylation is 1. The Bertz CT molecular complexity index is 733. The molecule has 9 heteroatoms. The van der Waals surface area contributed by atoms with Gasteiger partial charge in [0.1, 0.15) is 11.8 Å². The van der Waals surface area contributed by atoms with Crippen LogP contribution in [0.15, 0.2) is 12.3 Å². The molecule has 4 heterocycles. The highest BCUT2D eigenvalue weighted by Gasteiger charge is 2.28. The Labute approximate surface area is 138 Å². The minimum atomic E-state index is -0.313. The molecule has 2 aliphatic rings. The number of aromatic nitrogens is 5. The van der Waals surface area contributed by atoms with Gasteiger partial charge in [0.2, 0.25) is 5.91 Å². The van der Waals surface area contributed by atoms with Gasteiger partial charge in [0.25, 0.3) is 0 Å². The molecule has 2 aromatic heterocycles. The van der Waals surface area contributed by atoms with Gasteiger partial charge < -0.3 is 14.8 Å². The minimum absolute atomic E-state index is 0.0592. The molecule has 9 nitrogen and oxygen atoms in total. The van der Waals surface area contributed by atoms with E-state index >= 15 is 0 Å². The molecule has 0 bridgehead atoms. The molecule has 0 saturated carbocycles. The summed E-state index contributed by atoms with van der Waals surface area (Å²) in [5, 5.41) is 15.5. The molecule has 0 aromatic carbocycles. The topological polar surface area (TPSA) is 96.1 Å². The first-order valence-corrected chi connectivity index (χ1v) is 8.14. The van der Waals surface area contributed by atoms with Gasteiger partial charge in [0, 0.05) is 26.4 Å². The fraction of sp³-hybridized carbons (Fsp3) is 0.600. The Morgan fingerprint density at radius 1 is 1.46 bits per heavy atom. The monoisotopic (exact) mass is 332 g/mol. The molecule has 4 rings (SSSR count). The van der Waals surface area contributed by atoms with Gasteiger partial charge in [0.05, 0.1) is 30.6 Å². The van der Waals surface area contributed by atoms with Crippen molar-refractivity contribution in [2.24, 2.45) is 7.05 Å². The van der Waals surface area contributed by atoms with Crippen molar-refractivity contribution in [1.82, 2.24) is 30.1 Å². The number of nitrogens with one attached hydrogen (secondary N) is 1. The number of amides is 1. The van der Waals surface area contributed by atoms with Gasteiger partial charge in [0.15, 0.2) is 0 Å². The number of hydrogen-bond acceptors (Lipinski definition) is 6. The van der Waals surface area contributed by atoms with Crippen molar-refractivity contribution in [3.8, 4) is 11.4 Å². The summed E-state index contributed by atoms with van der Waals surface area (Å²) in [5.74, 6) is -0.0592. The van der Waals surface area contributed by atoms with Crippen LogP contribution < -0.4 is 5.32 Å². The van der Waals surface area contributed by atoms with Crippen LogP contribution in [0.25, 0.3) is 11.4 Å². The molecule has 1 amide bonds. The quantitative estimate of drug-likeness (QED) is 0.838. The van der Waals surface area contributed by atoms with Crippen LogP contribution in [0.4, 0.5) is 0 Å². The lowest BCUT2D eigenvalue weighted by molar-refractivity contribution is -0.131. The lowest BCUT2D eigenvalue weighted by atomic mass is 10.2. The van der Waals surface area contributed by atoms with E-state index in [1.807, 2.05) is 17.8 Å². The standard InChI is InChI=1S/C15H20N6O3/c1-20-11(4-5-17-20)14-12-9-24-10(8-21(12)19-18-14)7-16-15(22)13-3-2-6-23-13/h4-5,10,13H,2-3,6-9H2,1H3,(H,16,22)/t10-,13-/m1/s1. The molecule has 2 atom stereocenters. The number of fused-ring (bicyclic) bond motifs is 1. The number of hydrogen-bond donors (Lipinski definition) is 1. The van der Waals surface area contributed by atoms with Gasteiger partial charge >= 0.3 is 0 Å². The molecule has 24 heavy (non-hydrogen) atoms. The second-order valence-corrected chi connectivity index (χ2v) is 6.09. The van der Waals surface area contributed by atoms with Crippen molar-refractivity contribution >= 4 is 5.91 Å². The predicted octanol–water partition coefficient (Wildman–Crippen LogP) is -0.127. The van der Waals surface area contributed by atoms with Crippen LogP contribution in [0.1, 0.15) is 18.5 Å². The summed E-state index contributed by atoms with van der Waals surface area (Å²) in [6.07, 6.45) is 3.03. The maximum atomic E-state index is 12.0. The smallest absolute Gasteiger partial charge is 0.249 e. The van der Waals surface area contributed by atoms with Crippen LogP contribution in [0.5, 0.6) is 0 Å². The Kier molecular flexibility index (Phi) is 4.03. The third kappa shape index (κ3) is 2.80. The van der Waals surface area contributed by atoms with Crippen LogP contribution in [0.3, 0.4) is 0 Å². The van der Waals surface area contributed by atoms with E-state index in [1.165, 1.54) is 0 Å². The average Bonchev–Trinajstić information content (AvgIpc) is 3.32. The van der Waals surface area contributed by atoms with E-state index in [2.05, 4.69) is 20.7 Å². The second-order valence-electron chi connectivity index (χ2n) is 6.09. The van der Waals surface area contributed by atoms with Crippen LogP contribution >= 0.6 is 0 Å². The lowest BCUT2D eigenvalue weighted by Crippen LogP contribution is -2.42. The maximum absolute atomic E-state index is 12.0. The van der Waals surface area contributed by atoms with E-state index in [-0.39, 0.29) is 18.1 Å². The number of ether oxygens (including phenoxy) is 2. The number of nitrogens with zero attached hydrogens (tertiary/aromatic N) is 5. The molecule has 1 N–H and O–H groups in total. The zero-order valence-corrected chi connectivity index (χ0v) is 13.5. The average molecular weight is 332 g/mol. The van der Waals surface area contributed by atoms with Crippen molar-refractivity contribution in [2.75, 3.05) is 13.2 Å². The van der Waals surface area contributed by atoms with Crippen molar-refractivity contribution in [3.05, 3.63) is 18.0 Å². The Morgan fingerprint density at radius 3 is 3.12 bits per heavy atom. The minimum Gasteiger partial charge on any atom is -0.368 e. The molecular weight excluding hydrogens is 312 g/mol. The molecule has 1 fully saturated rings. The SMILES string of the molecule is Cn1nccc1-c1nnn2c1CO[C@H](CNC(=O)[C@H]1CCCO1)C2. The van der Waals surface area contributed by atoms with Gasteiger partial charge in [-0.25, -0.2) is 4.68 Å². The normalized spacial score (nSPS) is 23.2. The van der Waals surface area contributed by atoms with Crippen molar-refractivity contribution < 1.29 is 14.3 Å². The number of carbonyl (C=O) groups is 1. The maximum Gasteiger partial charge on any atom is 0.249 e. The molecule has 2 aromatic rings. The van der Waals surface area contributed by atoms with Crippen LogP contribution in [0.2, 0.25) is 0 Å². The Morgan fingerprint density at radius 2 is 2.38 bits per heavy atom. The first kappa shape index (κ1) is 15.3. The molecule has 0 radical (unpaired) electrons. The summed E-state index contributed by atoms with van der Waals surface area (Å²) in [4.78, 5) is 12.0. The first-order valence-electron chi connectivity index (χ1n) is 8.14. The van der Waals surface area contributed by atoms with Gasteiger partial charge in [-0.3, -0.25) is 9.48 Å². The highest BCUT2D eigenvalue weighted by molar-refractivity contribution is 5.80. The summed E-state index contributed by atoms with van der Waals surface area (Å²) in [6.45, 7) is 2.08. The Balaban J connectivity index is 1.39. The van der Waals surface area contributed by atoms with E-state index in [1.54, 1.807) is 10.9 Å². The third-order valence-corrected chi connectivity index (χ3v) is 4.46. The summed E-state index contributed by atoms with van der Waals surface area (Å²) in [6, 6.07) is 1.90. The molecule has 0 spiro atoms. The largest absolute Gasteiger partial charge is 0.368 e.